The second kappa shape index (κ2) is 8.99. The van der Waals surface area contributed by atoms with E-state index in [2.05, 4.69) is 0 Å². The minimum atomic E-state index is -0.574. The van der Waals surface area contributed by atoms with Gasteiger partial charge in [-0.15, -0.1) is 0 Å². The van der Waals surface area contributed by atoms with E-state index >= 15 is 0 Å². The van der Waals surface area contributed by atoms with Crippen LogP contribution in [0.15, 0.2) is 48.6 Å². The SMILES string of the molecule is Cc1cccc(COC(=O)/C=C\C(=O)OCc2cccc(C)c2C)c1C. The van der Waals surface area contributed by atoms with Gasteiger partial charge in [0.1, 0.15) is 13.2 Å². The molecule has 2 aromatic carbocycles. The second-order valence-corrected chi connectivity index (χ2v) is 6.27. The molecule has 0 aliphatic carbocycles. The molecule has 4 nitrogen and oxygen atoms in total. The maximum absolute atomic E-state index is 11.8. The first kappa shape index (κ1) is 19.4. The molecule has 0 heterocycles. The van der Waals surface area contributed by atoms with Crippen molar-refractivity contribution in [2.75, 3.05) is 0 Å². The van der Waals surface area contributed by atoms with Crippen LogP contribution in [0.5, 0.6) is 0 Å². The highest BCUT2D eigenvalue weighted by Crippen LogP contribution is 2.14. The van der Waals surface area contributed by atoms with Gasteiger partial charge in [0.15, 0.2) is 0 Å². The van der Waals surface area contributed by atoms with E-state index in [0.29, 0.717) is 0 Å². The van der Waals surface area contributed by atoms with Crippen LogP contribution in [0.25, 0.3) is 0 Å². The Morgan fingerprint density at radius 2 is 1.12 bits per heavy atom. The normalized spacial score (nSPS) is 10.8. The van der Waals surface area contributed by atoms with Crippen molar-refractivity contribution in [3.8, 4) is 0 Å². The van der Waals surface area contributed by atoms with Crippen molar-refractivity contribution in [2.45, 2.75) is 40.9 Å². The molecule has 0 aliphatic rings. The van der Waals surface area contributed by atoms with E-state index in [1.165, 1.54) is 0 Å². The zero-order chi connectivity index (χ0) is 19.1. The van der Waals surface area contributed by atoms with Crippen LogP contribution in [-0.4, -0.2) is 11.9 Å². The molecule has 26 heavy (non-hydrogen) atoms. The zero-order valence-electron chi connectivity index (χ0n) is 15.7. The van der Waals surface area contributed by atoms with E-state index < -0.39 is 11.9 Å². The van der Waals surface area contributed by atoms with E-state index in [1.807, 2.05) is 64.1 Å². The molecule has 0 saturated heterocycles. The molecular formula is C22H24O4. The largest absolute Gasteiger partial charge is 0.458 e. The molecule has 136 valence electrons. The van der Waals surface area contributed by atoms with Gasteiger partial charge in [-0.05, 0) is 61.1 Å². The molecule has 4 heteroatoms. The summed E-state index contributed by atoms with van der Waals surface area (Å²) in [7, 11) is 0. The topological polar surface area (TPSA) is 52.6 Å². The molecule has 0 atom stereocenters. The van der Waals surface area contributed by atoms with E-state index in [9.17, 15) is 9.59 Å². The number of carbonyl (C=O) groups excluding carboxylic acids is 2. The molecule has 2 rings (SSSR count). The van der Waals surface area contributed by atoms with Gasteiger partial charge in [0, 0.05) is 12.2 Å². The van der Waals surface area contributed by atoms with Crippen LogP contribution in [0, 0.1) is 27.7 Å². The van der Waals surface area contributed by atoms with Gasteiger partial charge >= 0.3 is 11.9 Å². The Bertz CT molecular complexity index is 765. The van der Waals surface area contributed by atoms with Crippen molar-refractivity contribution in [3.05, 3.63) is 81.9 Å². The summed E-state index contributed by atoms with van der Waals surface area (Å²) in [6.07, 6.45) is 2.19. The lowest BCUT2D eigenvalue weighted by atomic mass is 10.0. The first-order valence-electron chi connectivity index (χ1n) is 8.50. The van der Waals surface area contributed by atoms with Crippen molar-refractivity contribution in [2.24, 2.45) is 0 Å². The van der Waals surface area contributed by atoms with Crippen molar-refractivity contribution in [1.82, 2.24) is 0 Å². The first-order valence-corrected chi connectivity index (χ1v) is 8.50. The maximum Gasteiger partial charge on any atom is 0.331 e. The van der Waals surface area contributed by atoms with Crippen molar-refractivity contribution in [3.63, 3.8) is 0 Å². The Labute approximate surface area is 154 Å². The van der Waals surface area contributed by atoms with E-state index in [0.717, 1.165) is 45.5 Å². The average molecular weight is 352 g/mol. The molecule has 0 bridgehead atoms. The van der Waals surface area contributed by atoms with Gasteiger partial charge in [0.25, 0.3) is 0 Å². The molecule has 0 fully saturated rings. The van der Waals surface area contributed by atoms with E-state index in [-0.39, 0.29) is 13.2 Å². The minimum absolute atomic E-state index is 0.175. The van der Waals surface area contributed by atoms with Crippen LogP contribution in [0.4, 0.5) is 0 Å². The summed E-state index contributed by atoms with van der Waals surface area (Å²) in [5.74, 6) is -1.15. The molecule has 0 aromatic heterocycles. The quantitative estimate of drug-likeness (QED) is 0.576. The van der Waals surface area contributed by atoms with Crippen LogP contribution in [-0.2, 0) is 32.3 Å². The van der Waals surface area contributed by atoms with Gasteiger partial charge in [-0.2, -0.15) is 0 Å². The summed E-state index contributed by atoms with van der Waals surface area (Å²) in [6.45, 7) is 8.33. The number of ether oxygens (including phenoxy) is 2. The number of hydrogen-bond acceptors (Lipinski definition) is 4. The van der Waals surface area contributed by atoms with Crippen molar-refractivity contribution in [1.29, 1.82) is 0 Å². The summed E-state index contributed by atoms with van der Waals surface area (Å²) in [5.41, 5.74) is 6.37. The molecule has 2 aromatic rings. The lowest BCUT2D eigenvalue weighted by molar-refractivity contribution is -0.141. The molecule has 0 unspecified atom stereocenters. The fraction of sp³-hybridized carbons (Fsp3) is 0.273. The van der Waals surface area contributed by atoms with Crippen LogP contribution in [0.1, 0.15) is 33.4 Å². The van der Waals surface area contributed by atoms with Crippen LogP contribution in [0.2, 0.25) is 0 Å². The molecule has 0 amide bonds. The van der Waals surface area contributed by atoms with Crippen molar-refractivity contribution < 1.29 is 19.1 Å². The molecular weight excluding hydrogens is 328 g/mol. The summed E-state index contributed by atoms with van der Waals surface area (Å²) >= 11 is 0. The number of rotatable bonds is 6. The molecule has 0 aliphatic heterocycles. The number of benzene rings is 2. The first-order chi connectivity index (χ1) is 12.4. The van der Waals surface area contributed by atoms with Crippen LogP contribution in [0.3, 0.4) is 0 Å². The van der Waals surface area contributed by atoms with Gasteiger partial charge < -0.3 is 9.47 Å². The van der Waals surface area contributed by atoms with Gasteiger partial charge in [-0.3, -0.25) is 0 Å². The van der Waals surface area contributed by atoms with Gasteiger partial charge in [0.2, 0.25) is 0 Å². The third-order valence-electron chi connectivity index (χ3n) is 4.53. The fourth-order valence-electron chi connectivity index (χ4n) is 2.47. The highest BCUT2D eigenvalue weighted by atomic mass is 16.5. The van der Waals surface area contributed by atoms with Crippen LogP contribution >= 0.6 is 0 Å². The van der Waals surface area contributed by atoms with E-state index in [4.69, 9.17) is 9.47 Å². The predicted molar refractivity (Wildman–Crippen MR) is 101 cm³/mol. The Balaban J connectivity index is 1.82. The molecule has 0 N–H and O–H groups in total. The molecule has 0 spiro atoms. The maximum atomic E-state index is 11.8. The number of esters is 2. The second-order valence-electron chi connectivity index (χ2n) is 6.27. The summed E-state index contributed by atoms with van der Waals surface area (Å²) in [4.78, 5) is 23.5. The predicted octanol–water partition coefficient (Wildman–Crippen LogP) is 4.26. The Morgan fingerprint density at radius 3 is 1.50 bits per heavy atom. The molecule has 0 radical (unpaired) electrons. The number of hydrogen-bond donors (Lipinski definition) is 0. The summed E-state index contributed by atoms with van der Waals surface area (Å²) in [6, 6.07) is 11.7. The minimum Gasteiger partial charge on any atom is -0.458 e. The molecule has 0 saturated carbocycles. The Hall–Kier alpha value is -2.88. The zero-order valence-corrected chi connectivity index (χ0v) is 15.7. The fourth-order valence-corrected chi connectivity index (χ4v) is 2.47. The third kappa shape index (κ3) is 5.31. The average Bonchev–Trinajstić information content (AvgIpc) is 2.62. The van der Waals surface area contributed by atoms with Gasteiger partial charge in [-0.25, -0.2) is 9.59 Å². The third-order valence-corrected chi connectivity index (χ3v) is 4.53. The highest BCUT2D eigenvalue weighted by molar-refractivity contribution is 5.91. The van der Waals surface area contributed by atoms with Gasteiger partial charge in [0.05, 0.1) is 0 Å². The van der Waals surface area contributed by atoms with Crippen LogP contribution < -0.4 is 0 Å². The Morgan fingerprint density at radius 1 is 0.731 bits per heavy atom. The lowest BCUT2D eigenvalue weighted by Crippen LogP contribution is -2.06. The van der Waals surface area contributed by atoms with Gasteiger partial charge in [-0.1, -0.05) is 36.4 Å². The number of carbonyl (C=O) groups is 2. The highest BCUT2D eigenvalue weighted by Gasteiger charge is 2.06. The standard InChI is InChI=1S/C22H24O4/c1-15-7-5-9-19(17(15)3)13-25-21(23)11-12-22(24)26-14-20-10-6-8-16(2)18(20)4/h5-12H,13-14H2,1-4H3/b12-11-. The summed E-state index contributed by atoms with van der Waals surface area (Å²) < 4.78 is 10.4. The Kier molecular flexibility index (Phi) is 6.73. The number of aryl methyl sites for hydroxylation is 2. The lowest BCUT2D eigenvalue weighted by Gasteiger charge is -2.09. The summed E-state index contributed by atoms with van der Waals surface area (Å²) in [5, 5.41) is 0. The van der Waals surface area contributed by atoms with Crippen molar-refractivity contribution >= 4 is 11.9 Å². The monoisotopic (exact) mass is 352 g/mol. The van der Waals surface area contributed by atoms with E-state index in [1.54, 1.807) is 0 Å². The smallest absolute Gasteiger partial charge is 0.331 e.